The number of rotatable bonds is 4. The highest BCUT2D eigenvalue weighted by Crippen LogP contribution is 2.29. The number of nitrogens with one attached hydrogen (secondary N) is 1. The zero-order valence-corrected chi connectivity index (χ0v) is 15.0. The molecule has 0 aromatic heterocycles. The summed E-state index contributed by atoms with van der Waals surface area (Å²) in [5, 5.41) is 2.94. The van der Waals surface area contributed by atoms with Gasteiger partial charge >= 0.3 is 0 Å². The number of carbonyl (C=O) groups excluding carboxylic acids is 2. The maximum Gasteiger partial charge on any atom is 0.229 e. The zero-order valence-electron chi connectivity index (χ0n) is 15.0. The van der Waals surface area contributed by atoms with Gasteiger partial charge in [-0.25, -0.2) is 0 Å². The van der Waals surface area contributed by atoms with Gasteiger partial charge in [0.15, 0.2) is 0 Å². The van der Waals surface area contributed by atoms with Crippen LogP contribution in [0, 0.1) is 19.8 Å². The van der Waals surface area contributed by atoms with E-state index in [9.17, 15) is 9.59 Å². The predicted octanol–water partition coefficient (Wildman–Crippen LogP) is 3.86. The molecule has 1 saturated heterocycles. The third-order valence-corrected chi connectivity index (χ3v) is 4.78. The van der Waals surface area contributed by atoms with E-state index >= 15 is 0 Å². The second-order valence-electron chi connectivity index (χ2n) is 6.74. The van der Waals surface area contributed by atoms with Gasteiger partial charge in [0.2, 0.25) is 11.8 Å². The van der Waals surface area contributed by atoms with Crippen LogP contribution in [0.3, 0.4) is 0 Å². The lowest BCUT2D eigenvalue weighted by molar-refractivity contribution is -0.122. The van der Waals surface area contributed by atoms with Crippen molar-refractivity contribution in [2.24, 2.45) is 5.92 Å². The Bertz CT molecular complexity index is 796. The van der Waals surface area contributed by atoms with Crippen LogP contribution in [-0.2, 0) is 16.0 Å². The van der Waals surface area contributed by atoms with Crippen molar-refractivity contribution in [1.82, 2.24) is 0 Å². The lowest BCUT2D eigenvalue weighted by atomic mass is 10.1. The van der Waals surface area contributed by atoms with Crippen LogP contribution in [0.4, 0.5) is 11.4 Å². The largest absolute Gasteiger partial charge is 0.326 e. The lowest BCUT2D eigenvalue weighted by Crippen LogP contribution is -2.28. The minimum Gasteiger partial charge on any atom is -0.326 e. The second-order valence-corrected chi connectivity index (χ2v) is 6.74. The van der Waals surface area contributed by atoms with Crippen molar-refractivity contribution in [3.8, 4) is 0 Å². The third kappa shape index (κ3) is 3.73. The Hall–Kier alpha value is -2.62. The summed E-state index contributed by atoms with van der Waals surface area (Å²) in [5.74, 6) is -0.404. The van der Waals surface area contributed by atoms with E-state index in [1.807, 2.05) is 56.3 Å². The lowest BCUT2D eigenvalue weighted by Gasteiger charge is -2.19. The molecule has 4 heteroatoms. The Morgan fingerprint density at radius 1 is 1.16 bits per heavy atom. The van der Waals surface area contributed by atoms with Gasteiger partial charge in [-0.05, 0) is 55.2 Å². The topological polar surface area (TPSA) is 49.4 Å². The molecule has 2 amide bonds. The highest BCUT2D eigenvalue weighted by molar-refractivity contribution is 6.03. The van der Waals surface area contributed by atoms with Crippen LogP contribution >= 0.6 is 0 Å². The Labute approximate surface area is 148 Å². The Morgan fingerprint density at radius 2 is 1.88 bits per heavy atom. The minimum atomic E-state index is -0.321. The number of anilines is 2. The van der Waals surface area contributed by atoms with Gasteiger partial charge in [-0.15, -0.1) is 0 Å². The molecule has 0 unspecified atom stereocenters. The fourth-order valence-corrected chi connectivity index (χ4v) is 3.19. The Kier molecular flexibility index (Phi) is 4.88. The minimum absolute atomic E-state index is 0.00943. The second kappa shape index (κ2) is 7.09. The van der Waals surface area contributed by atoms with Crippen LogP contribution in [0.25, 0.3) is 0 Å². The van der Waals surface area contributed by atoms with Gasteiger partial charge in [0.1, 0.15) is 0 Å². The number of carbonyl (C=O) groups is 2. The monoisotopic (exact) mass is 336 g/mol. The van der Waals surface area contributed by atoms with Gasteiger partial charge in [0, 0.05) is 24.3 Å². The molecule has 0 radical (unpaired) electrons. The fraction of sp³-hybridized carbons (Fsp3) is 0.333. The van der Waals surface area contributed by atoms with E-state index in [0.717, 1.165) is 28.9 Å². The van der Waals surface area contributed by atoms with Crippen molar-refractivity contribution in [3.63, 3.8) is 0 Å². The predicted molar refractivity (Wildman–Crippen MR) is 101 cm³/mol. The first-order chi connectivity index (χ1) is 12.0. The van der Waals surface area contributed by atoms with Crippen LogP contribution < -0.4 is 10.2 Å². The maximum atomic E-state index is 12.6. The molecule has 0 bridgehead atoms. The highest BCUT2D eigenvalue weighted by Gasteiger charge is 2.35. The SMILES string of the molecule is CCc1ccc(NC(=O)[C@@H]2CC(=O)N(c3cc(C)ccc3C)C2)cc1. The number of amides is 2. The molecular weight excluding hydrogens is 312 g/mol. The van der Waals surface area contributed by atoms with E-state index < -0.39 is 0 Å². The van der Waals surface area contributed by atoms with Crippen LogP contribution in [0.1, 0.15) is 30.0 Å². The summed E-state index contributed by atoms with van der Waals surface area (Å²) in [4.78, 5) is 26.7. The average Bonchev–Trinajstić information content (AvgIpc) is 2.99. The normalized spacial score (nSPS) is 17.0. The van der Waals surface area contributed by atoms with Crippen LogP contribution in [0.2, 0.25) is 0 Å². The molecule has 1 heterocycles. The van der Waals surface area contributed by atoms with Crippen molar-refractivity contribution in [3.05, 3.63) is 59.2 Å². The first-order valence-corrected chi connectivity index (χ1v) is 8.75. The van der Waals surface area contributed by atoms with Gasteiger partial charge in [-0.3, -0.25) is 9.59 Å². The summed E-state index contributed by atoms with van der Waals surface area (Å²) >= 11 is 0. The molecule has 3 rings (SSSR count). The van der Waals surface area contributed by atoms with Gasteiger partial charge in [0.25, 0.3) is 0 Å². The van der Waals surface area contributed by atoms with E-state index in [-0.39, 0.29) is 24.2 Å². The van der Waals surface area contributed by atoms with E-state index in [2.05, 4.69) is 12.2 Å². The smallest absolute Gasteiger partial charge is 0.229 e. The first-order valence-electron chi connectivity index (χ1n) is 8.75. The van der Waals surface area contributed by atoms with E-state index in [4.69, 9.17) is 0 Å². The fourth-order valence-electron chi connectivity index (χ4n) is 3.19. The maximum absolute atomic E-state index is 12.6. The molecule has 25 heavy (non-hydrogen) atoms. The van der Waals surface area contributed by atoms with Crippen LogP contribution in [0.5, 0.6) is 0 Å². The molecule has 2 aromatic carbocycles. The van der Waals surface area contributed by atoms with E-state index in [1.54, 1.807) is 4.90 Å². The molecule has 1 aliphatic heterocycles. The van der Waals surface area contributed by atoms with Crippen molar-refractivity contribution in [2.45, 2.75) is 33.6 Å². The quantitative estimate of drug-likeness (QED) is 0.922. The summed E-state index contributed by atoms with van der Waals surface area (Å²) in [6.45, 7) is 6.53. The standard InChI is InChI=1S/C21H24N2O2/c1-4-16-7-9-18(10-8-16)22-21(25)17-12-20(24)23(13-17)19-11-14(2)5-6-15(19)3/h5-11,17H,4,12-13H2,1-3H3,(H,22,25)/t17-/m1/s1. The molecule has 0 spiro atoms. The van der Waals surface area contributed by atoms with Crippen molar-refractivity contribution >= 4 is 23.2 Å². The van der Waals surface area contributed by atoms with Crippen molar-refractivity contribution < 1.29 is 9.59 Å². The molecule has 1 atom stereocenters. The molecule has 1 N–H and O–H groups in total. The summed E-state index contributed by atoms with van der Waals surface area (Å²) in [6, 6.07) is 13.9. The molecule has 2 aromatic rings. The molecule has 4 nitrogen and oxygen atoms in total. The summed E-state index contributed by atoms with van der Waals surface area (Å²) in [7, 11) is 0. The average molecular weight is 336 g/mol. The molecule has 1 fully saturated rings. The van der Waals surface area contributed by atoms with Gasteiger partial charge in [-0.1, -0.05) is 31.2 Å². The molecule has 0 saturated carbocycles. The van der Waals surface area contributed by atoms with Crippen LogP contribution in [0.15, 0.2) is 42.5 Å². The van der Waals surface area contributed by atoms with Gasteiger partial charge < -0.3 is 10.2 Å². The summed E-state index contributed by atoms with van der Waals surface area (Å²) in [6.07, 6.45) is 1.22. The number of nitrogens with zero attached hydrogens (tertiary/aromatic N) is 1. The molecule has 0 aliphatic carbocycles. The van der Waals surface area contributed by atoms with Crippen molar-refractivity contribution in [2.75, 3.05) is 16.8 Å². The van der Waals surface area contributed by atoms with E-state index in [0.29, 0.717) is 6.54 Å². The third-order valence-electron chi connectivity index (χ3n) is 4.78. The summed E-state index contributed by atoms with van der Waals surface area (Å²) < 4.78 is 0. The Balaban J connectivity index is 1.71. The highest BCUT2D eigenvalue weighted by atomic mass is 16.2. The first kappa shape index (κ1) is 17.2. The molecular formula is C21H24N2O2. The number of aryl methyl sites for hydroxylation is 3. The molecule has 130 valence electrons. The van der Waals surface area contributed by atoms with Crippen LogP contribution in [-0.4, -0.2) is 18.4 Å². The Morgan fingerprint density at radius 3 is 2.56 bits per heavy atom. The van der Waals surface area contributed by atoms with Crippen molar-refractivity contribution in [1.29, 1.82) is 0 Å². The van der Waals surface area contributed by atoms with Gasteiger partial charge in [0.05, 0.1) is 5.92 Å². The molecule has 1 aliphatic rings. The number of hydrogen-bond acceptors (Lipinski definition) is 2. The zero-order chi connectivity index (χ0) is 18.0. The van der Waals surface area contributed by atoms with E-state index in [1.165, 1.54) is 5.56 Å². The number of benzene rings is 2. The summed E-state index contributed by atoms with van der Waals surface area (Å²) in [5.41, 5.74) is 5.08. The number of hydrogen-bond donors (Lipinski definition) is 1. The van der Waals surface area contributed by atoms with Gasteiger partial charge in [-0.2, -0.15) is 0 Å².